The van der Waals surface area contributed by atoms with Gasteiger partial charge in [-0.2, -0.15) is 0 Å². The molecule has 0 saturated heterocycles. The van der Waals surface area contributed by atoms with Crippen LogP contribution < -0.4 is 5.32 Å². The Balaban J connectivity index is 2.97. The van der Waals surface area contributed by atoms with E-state index in [1.165, 1.54) is 0 Å². The maximum atomic E-state index is 6.21. The molecule has 1 aromatic carbocycles. The molecule has 1 atom stereocenters. The number of halogens is 2. The van der Waals surface area contributed by atoms with Gasteiger partial charge in [0.05, 0.1) is 5.60 Å². The molecule has 0 fully saturated rings. The van der Waals surface area contributed by atoms with Crippen LogP contribution >= 0.6 is 23.2 Å². The number of hydrogen-bond acceptors (Lipinski definition) is 2. The standard InChI is InChI=1S/C14H21Cl2NO/c1-5-17-13(14(2,3)18-4)9-10-11(15)7-6-8-12(10)16/h6-8,13,17H,5,9H2,1-4H3. The molecular weight excluding hydrogens is 269 g/mol. The van der Waals surface area contributed by atoms with Gasteiger partial charge in [0.1, 0.15) is 0 Å². The number of ether oxygens (including phenoxy) is 1. The fourth-order valence-electron chi connectivity index (χ4n) is 1.88. The lowest BCUT2D eigenvalue weighted by Crippen LogP contribution is -2.49. The van der Waals surface area contributed by atoms with Crippen LogP contribution in [-0.2, 0) is 11.2 Å². The van der Waals surface area contributed by atoms with Crippen molar-refractivity contribution in [1.29, 1.82) is 0 Å². The first kappa shape index (κ1) is 15.8. The molecule has 18 heavy (non-hydrogen) atoms. The van der Waals surface area contributed by atoms with E-state index in [4.69, 9.17) is 27.9 Å². The normalized spacial score (nSPS) is 13.7. The van der Waals surface area contributed by atoms with Crippen LogP contribution in [0.25, 0.3) is 0 Å². The molecule has 0 radical (unpaired) electrons. The van der Waals surface area contributed by atoms with E-state index in [-0.39, 0.29) is 11.6 Å². The molecule has 4 heteroatoms. The van der Waals surface area contributed by atoms with Crippen LogP contribution in [0.15, 0.2) is 18.2 Å². The maximum absolute atomic E-state index is 6.21. The summed E-state index contributed by atoms with van der Waals surface area (Å²) in [5, 5.41) is 4.85. The first-order chi connectivity index (χ1) is 8.42. The Bertz CT molecular complexity index is 373. The lowest BCUT2D eigenvalue weighted by molar-refractivity contribution is -0.00958. The summed E-state index contributed by atoms with van der Waals surface area (Å²) in [6.45, 7) is 7.07. The molecule has 0 bridgehead atoms. The van der Waals surface area contributed by atoms with Gasteiger partial charge in [0.25, 0.3) is 0 Å². The highest BCUT2D eigenvalue weighted by Gasteiger charge is 2.29. The highest BCUT2D eigenvalue weighted by atomic mass is 35.5. The monoisotopic (exact) mass is 289 g/mol. The predicted octanol–water partition coefficient (Wildman–Crippen LogP) is 3.94. The van der Waals surface area contributed by atoms with E-state index >= 15 is 0 Å². The van der Waals surface area contributed by atoms with Crippen molar-refractivity contribution in [2.75, 3.05) is 13.7 Å². The zero-order valence-electron chi connectivity index (χ0n) is 11.4. The summed E-state index contributed by atoms with van der Waals surface area (Å²) in [6, 6.07) is 5.75. The fraction of sp³-hybridized carbons (Fsp3) is 0.571. The van der Waals surface area contributed by atoms with Crippen LogP contribution in [0.3, 0.4) is 0 Å². The number of rotatable bonds is 6. The van der Waals surface area contributed by atoms with Crippen LogP contribution in [-0.4, -0.2) is 25.3 Å². The van der Waals surface area contributed by atoms with Crippen molar-refractivity contribution in [3.63, 3.8) is 0 Å². The minimum Gasteiger partial charge on any atom is -0.377 e. The summed E-state index contributed by atoms with van der Waals surface area (Å²) in [5.74, 6) is 0. The molecular formula is C14H21Cl2NO. The minimum absolute atomic E-state index is 0.157. The van der Waals surface area contributed by atoms with Gasteiger partial charge in [-0.3, -0.25) is 0 Å². The molecule has 0 heterocycles. The van der Waals surface area contributed by atoms with Gasteiger partial charge in [0, 0.05) is 23.2 Å². The molecule has 0 spiro atoms. The van der Waals surface area contributed by atoms with Crippen molar-refractivity contribution < 1.29 is 4.74 Å². The van der Waals surface area contributed by atoms with Crippen LogP contribution in [0.4, 0.5) is 0 Å². The lowest BCUT2D eigenvalue weighted by atomic mass is 9.92. The van der Waals surface area contributed by atoms with Gasteiger partial charge < -0.3 is 10.1 Å². The molecule has 1 unspecified atom stereocenters. The molecule has 1 rings (SSSR count). The van der Waals surface area contributed by atoms with E-state index in [1.807, 2.05) is 18.2 Å². The Morgan fingerprint density at radius 2 is 1.83 bits per heavy atom. The second kappa shape index (κ2) is 6.76. The Morgan fingerprint density at radius 3 is 2.28 bits per heavy atom. The van der Waals surface area contributed by atoms with Gasteiger partial charge in [-0.15, -0.1) is 0 Å². The van der Waals surface area contributed by atoms with Gasteiger partial charge in [0.15, 0.2) is 0 Å². The predicted molar refractivity (Wildman–Crippen MR) is 78.7 cm³/mol. The summed E-state index contributed by atoms with van der Waals surface area (Å²) in [6.07, 6.45) is 0.743. The van der Waals surface area contributed by atoms with Crippen molar-refractivity contribution in [3.8, 4) is 0 Å². The summed E-state index contributed by atoms with van der Waals surface area (Å²) in [4.78, 5) is 0. The van der Waals surface area contributed by atoms with Gasteiger partial charge in [0.2, 0.25) is 0 Å². The molecule has 2 nitrogen and oxygen atoms in total. The van der Waals surface area contributed by atoms with E-state index in [1.54, 1.807) is 7.11 Å². The zero-order valence-corrected chi connectivity index (χ0v) is 12.9. The average molecular weight is 290 g/mol. The highest BCUT2D eigenvalue weighted by molar-refractivity contribution is 6.36. The molecule has 0 aliphatic heterocycles. The average Bonchev–Trinajstić information content (AvgIpc) is 2.32. The minimum atomic E-state index is -0.279. The second-order valence-electron chi connectivity index (χ2n) is 4.82. The van der Waals surface area contributed by atoms with Crippen LogP contribution in [0.2, 0.25) is 10.0 Å². The molecule has 0 amide bonds. The van der Waals surface area contributed by atoms with Crippen LogP contribution in [0.1, 0.15) is 26.3 Å². The number of hydrogen-bond donors (Lipinski definition) is 1. The van der Waals surface area contributed by atoms with Crippen molar-refractivity contribution >= 4 is 23.2 Å². The quantitative estimate of drug-likeness (QED) is 0.857. The second-order valence-corrected chi connectivity index (χ2v) is 5.64. The number of nitrogens with one attached hydrogen (secondary N) is 1. The summed E-state index contributed by atoms with van der Waals surface area (Å²) in [5.41, 5.74) is 0.690. The van der Waals surface area contributed by atoms with Gasteiger partial charge in [-0.25, -0.2) is 0 Å². The zero-order chi connectivity index (χ0) is 13.8. The largest absolute Gasteiger partial charge is 0.377 e. The van der Waals surface area contributed by atoms with Gasteiger partial charge >= 0.3 is 0 Å². The third-order valence-corrected chi connectivity index (χ3v) is 3.99. The third kappa shape index (κ3) is 3.86. The Morgan fingerprint density at radius 1 is 1.28 bits per heavy atom. The third-order valence-electron chi connectivity index (χ3n) is 3.29. The SMILES string of the molecule is CCNC(Cc1c(Cl)cccc1Cl)C(C)(C)OC. The number of methoxy groups -OCH3 is 1. The highest BCUT2D eigenvalue weighted by Crippen LogP contribution is 2.28. The van der Waals surface area contributed by atoms with E-state index in [0.29, 0.717) is 10.0 Å². The van der Waals surface area contributed by atoms with Gasteiger partial charge in [-0.1, -0.05) is 36.2 Å². The molecule has 1 aromatic rings. The summed E-state index contributed by atoms with van der Waals surface area (Å²) >= 11 is 12.4. The summed E-state index contributed by atoms with van der Waals surface area (Å²) < 4.78 is 5.56. The number of likely N-dealkylation sites (N-methyl/N-ethyl adjacent to an activating group) is 1. The Kier molecular flexibility index (Phi) is 5.93. The Hall–Kier alpha value is -0.280. The van der Waals surface area contributed by atoms with E-state index in [9.17, 15) is 0 Å². The topological polar surface area (TPSA) is 21.3 Å². The fourth-order valence-corrected chi connectivity index (χ4v) is 2.44. The lowest BCUT2D eigenvalue weighted by Gasteiger charge is -2.34. The smallest absolute Gasteiger partial charge is 0.0778 e. The molecule has 0 aliphatic rings. The van der Waals surface area contributed by atoms with E-state index in [0.717, 1.165) is 18.5 Å². The molecule has 1 N–H and O–H groups in total. The first-order valence-corrected chi connectivity index (χ1v) is 6.89. The van der Waals surface area contributed by atoms with Crippen molar-refractivity contribution in [3.05, 3.63) is 33.8 Å². The van der Waals surface area contributed by atoms with Crippen molar-refractivity contribution in [2.24, 2.45) is 0 Å². The van der Waals surface area contributed by atoms with E-state index < -0.39 is 0 Å². The number of benzene rings is 1. The molecule has 102 valence electrons. The summed E-state index contributed by atoms with van der Waals surface area (Å²) in [7, 11) is 1.72. The van der Waals surface area contributed by atoms with E-state index in [2.05, 4.69) is 26.1 Å². The van der Waals surface area contributed by atoms with Crippen molar-refractivity contribution in [2.45, 2.75) is 38.8 Å². The molecule has 0 aliphatic carbocycles. The van der Waals surface area contributed by atoms with Crippen molar-refractivity contribution in [1.82, 2.24) is 5.32 Å². The maximum Gasteiger partial charge on any atom is 0.0778 e. The first-order valence-electron chi connectivity index (χ1n) is 6.13. The van der Waals surface area contributed by atoms with Crippen LogP contribution in [0.5, 0.6) is 0 Å². The molecule has 0 saturated carbocycles. The molecule has 0 aromatic heterocycles. The van der Waals surface area contributed by atoms with Gasteiger partial charge in [-0.05, 0) is 44.5 Å². The van der Waals surface area contributed by atoms with Crippen LogP contribution in [0, 0.1) is 0 Å². The Labute approximate surface area is 120 Å².